The molecule has 0 aromatic heterocycles. The largest absolute Gasteiger partial charge is 0.315 e. The Morgan fingerprint density at radius 2 is 1.69 bits per heavy atom. The molecule has 1 saturated carbocycles. The summed E-state index contributed by atoms with van der Waals surface area (Å²) in [6, 6.07) is 0.582. The van der Waals surface area contributed by atoms with Crippen LogP contribution in [0.25, 0.3) is 0 Å². The van der Waals surface area contributed by atoms with Crippen molar-refractivity contribution in [2.24, 2.45) is 16.7 Å². The van der Waals surface area contributed by atoms with E-state index in [2.05, 4.69) is 52.2 Å². The van der Waals surface area contributed by atoms with E-state index < -0.39 is 0 Å². The highest BCUT2D eigenvalue weighted by Gasteiger charge is 2.63. The van der Waals surface area contributed by atoms with Crippen LogP contribution in [-0.4, -0.2) is 25.7 Å². The van der Waals surface area contributed by atoms with Crippen LogP contribution in [0, 0.1) is 16.7 Å². The topological polar surface area (TPSA) is 24.1 Å². The van der Waals surface area contributed by atoms with Gasteiger partial charge in [0.2, 0.25) is 0 Å². The van der Waals surface area contributed by atoms with E-state index in [1.54, 1.807) is 0 Å². The molecule has 0 saturated heterocycles. The lowest BCUT2D eigenvalue weighted by atomic mass is 10.0. The van der Waals surface area contributed by atoms with Crippen molar-refractivity contribution in [3.8, 4) is 0 Å². The van der Waals surface area contributed by atoms with Gasteiger partial charge in [0.1, 0.15) is 0 Å². The zero-order chi connectivity index (χ0) is 12.4. The van der Waals surface area contributed by atoms with Gasteiger partial charge in [0.25, 0.3) is 0 Å². The van der Waals surface area contributed by atoms with Gasteiger partial charge in [-0.15, -0.1) is 0 Å². The first kappa shape index (κ1) is 14.0. The highest BCUT2D eigenvalue weighted by molar-refractivity contribution is 5.12. The van der Waals surface area contributed by atoms with E-state index in [9.17, 15) is 0 Å². The van der Waals surface area contributed by atoms with Gasteiger partial charge in [0.05, 0.1) is 0 Å². The minimum Gasteiger partial charge on any atom is -0.315 e. The summed E-state index contributed by atoms with van der Waals surface area (Å²) in [6.45, 7) is 17.4. The van der Waals surface area contributed by atoms with Crippen LogP contribution in [0.2, 0.25) is 0 Å². The highest BCUT2D eigenvalue weighted by Crippen LogP contribution is 2.67. The normalized spacial score (nSPS) is 24.4. The van der Waals surface area contributed by atoms with E-state index >= 15 is 0 Å². The Balaban J connectivity index is 2.17. The summed E-state index contributed by atoms with van der Waals surface area (Å²) in [5.74, 6) is 0.827. The van der Waals surface area contributed by atoms with E-state index in [0.29, 0.717) is 16.9 Å². The van der Waals surface area contributed by atoms with Crippen LogP contribution in [0.4, 0.5) is 0 Å². The molecule has 1 rings (SSSR count). The summed E-state index contributed by atoms with van der Waals surface area (Å²) >= 11 is 0. The van der Waals surface area contributed by atoms with E-state index in [0.717, 1.165) is 25.6 Å². The van der Waals surface area contributed by atoms with Crippen molar-refractivity contribution >= 4 is 0 Å². The summed E-state index contributed by atoms with van der Waals surface area (Å²) in [4.78, 5) is 0. The minimum absolute atomic E-state index is 0.510. The number of hydrogen-bond donors (Lipinski definition) is 2. The second kappa shape index (κ2) is 5.05. The van der Waals surface area contributed by atoms with Gasteiger partial charge in [0, 0.05) is 12.6 Å². The Morgan fingerprint density at radius 1 is 1.12 bits per heavy atom. The number of hydrogen-bond acceptors (Lipinski definition) is 2. The highest BCUT2D eigenvalue weighted by atomic mass is 15.0. The van der Waals surface area contributed by atoms with Gasteiger partial charge in [-0.2, -0.15) is 0 Å². The van der Waals surface area contributed by atoms with Crippen LogP contribution in [0.1, 0.15) is 48.0 Å². The third-order valence-electron chi connectivity index (χ3n) is 4.87. The van der Waals surface area contributed by atoms with E-state index in [1.165, 1.54) is 6.42 Å². The molecule has 0 heterocycles. The predicted molar refractivity (Wildman–Crippen MR) is 71.7 cm³/mol. The van der Waals surface area contributed by atoms with Gasteiger partial charge in [-0.05, 0) is 43.2 Å². The molecule has 2 nitrogen and oxygen atoms in total. The lowest BCUT2D eigenvalue weighted by molar-refractivity contribution is 0.457. The first-order valence-corrected chi connectivity index (χ1v) is 6.78. The predicted octanol–water partition coefficient (Wildman–Crippen LogP) is 2.65. The molecule has 1 atom stereocenters. The fourth-order valence-corrected chi connectivity index (χ4v) is 2.73. The molecule has 2 heteroatoms. The lowest BCUT2D eigenvalue weighted by Gasteiger charge is -2.15. The molecule has 1 aliphatic rings. The molecular formula is C14H30N2. The number of rotatable bonds is 7. The van der Waals surface area contributed by atoms with Crippen LogP contribution < -0.4 is 10.6 Å². The van der Waals surface area contributed by atoms with E-state index in [-0.39, 0.29) is 0 Å². The molecule has 0 aromatic carbocycles. The average molecular weight is 226 g/mol. The van der Waals surface area contributed by atoms with Gasteiger partial charge in [-0.25, -0.2) is 0 Å². The van der Waals surface area contributed by atoms with Crippen LogP contribution in [0.3, 0.4) is 0 Å². The fourth-order valence-electron chi connectivity index (χ4n) is 2.73. The summed E-state index contributed by atoms with van der Waals surface area (Å²) in [7, 11) is 0. The summed E-state index contributed by atoms with van der Waals surface area (Å²) in [6.07, 6.45) is 1.22. The molecular weight excluding hydrogens is 196 g/mol. The zero-order valence-electron chi connectivity index (χ0n) is 12.0. The van der Waals surface area contributed by atoms with Gasteiger partial charge >= 0.3 is 0 Å². The van der Waals surface area contributed by atoms with Crippen molar-refractivity contribution in [1.29, 1.82) is 0 Å². The standard InChI is InChI=1S/C14H30N2/c1-7-8-15-9-11(2)16-10-12-13(3,4)14(12,5)6/h11-12,15-16H,7-10H2,1-6H3. The molecule has 0 amide bonds. The monoisotopic (exact) mass is 226 g/mol. The van der Waals surface area contributed by atoms with Crippen molar-refractivity contribution in [3.05, 3.63) is 0 Å². The smallest absolute Gasteiger partial charge is 0.0164 e. The summed E-state index contributed by atoms with van der Waals surface area (Å²) in [5, 5.41) is 7.11. The SMILES string of the molecule is CCCNCC(C)NCC1C(C)(C)C1(C)C. The van der Waals surface area contributed by atoms with E-state index in [4.69, 9.17) is 0 Å². The van der Waals surface area contributed by atoms with Crippen molar-refractivity contribution in [3.63, 3.8) is 0 Å². The summed E-state index contributed by atoms with van der Waals surface area (Å²) in [5.41, 5.74) is 1.02. The first-order valence-electron chi connectivity index (χ1n) is 6.78. The van der Waals surface area contributed by atoms with Gasteiger partial charge in [-0.1, -0.05) is 34.6 Å². The Labute approximate surface area is 102 Å². The quantitative estimate of drug-likeness (QED) is 0.652. The molecule has 0 radical (unpaired) electrons. The third kappa shape index (κ3) is 2.78. The second-order valence-electron chi connectivity index (χ2n) is 6.51. The molecule has 0 bridgehead atoms. The van der Waals surface area contributed by atoms with Crippen LogP contribution in [-0.2, 0) is 0 Å². The molecule has 0 spiro atoms. The second-order valence-corrected chi connectivity index (χ2v) is 6.51. The molecule has 1 unspecified atom stereocenters. The molecule has 0 aliphatic heterocycles. The lowest BCUT2D eigenvalue weighted by Crippen LogP contribution is -2.38. The fraction of sp³-hybridized carbons (Fsp3) is 1.00. The van der Waals surface area contributed by atoms with E-state index in [1.807, 2.05) is 0 Å². The maximum Gasteiger partial charge on any atom is 0.0164 e. The average Bonchev–Trinajstić information content (AvgIpc) is 2.55. The molecule has 16 heavy (non-hydrogen) atoms. The molecule has 2 N–H and O–H groups in total. The first-order chi connectivity index (χ1) is 7.34. The van der Waals surface area contributed by atoms with Crippen molar-refractivity contribution in [2.75, 3.05) is 19.6 Å². The van der Waals surface area contributed by atoms with Crippen LogP contribution >= 0.6 is 0 Å². The van der Waals surface area contributed by atoms with Gasteiger partial charge in [0.15, 0.2) is 0 Å². The Bertz CT molecular complexity index is 207. The zero-order valence-corrected chi connectivity index (χ0v) is 12.0. The maximum absolute atomic E-state index is 3.65. The third-order valence-corrected chi connectivity index (χ3v) is 4.87. The van der Waals surface area contributed by atoms with Crippen LogP contribution in [0.5, 0.6) is 0 Å². The maximum atomic E-state index is 3.65. The Hall–Kier alpha value is -0.0800. The van der Waals surface area contributed by atoms with Gasteiger partial charge in [-0.3, -0.25) is 0 Å². The molecule has 0 aromatic rings. The number of nitrogens with one attached hydrogen (secondary N) is 2. The van der Waals surface area contributed by atoms with Gasteiger partial charge < -0.3 is 10.6 Å². The minimum atomic E-state index is 0.510. The van der Waals surface area contributed by atoms with Crippen molar-refractivity contribution < 1.29 is 0 Å². The summed E-state index contributed by atoms with van der Waals surface area (Å²) < 4.78 is 0. The van der Waals surface area contributed by atoms with Crippen molar-refractivity contribution in [1.82, 2.24) is 10.6 Å². The Kier molecular flexibility index (Phi) is 4.42. The molecule has 96 valence electrons. The van der Waals surface area contributed by atoms with Crippen molar-refractivity contribution in [2.45, 2.75) is 54.0 Å². The molecule has 1 fully saturated rings. The Morgan fingerprint density at radius 3 is 2.12 bits per heavy atom. The molecule has 1 aliphatic carbocycles. The van der Waals surface area contributed by atoms with Crippen LogP contribution in [0.15, 0.2) is 0 Å².